The predicted octanol–water partition coefficient (Wildman–Crippen LogP) is 0.00270. The molecule has 1 aromatic rings. The van der Waals surface area contributed by atoms with Crippen LogP contribution in [-0.2, 0) is 14.3 Å². The fourth-order valence-electron chi connectivity index (χ4n) is 0.842. The van der Waals surface area contributed by atoms with Crippen LogP contribution < -0.4 is 0 Å². The van der Waals surface area contributed by atoms with Crippen molar-refractivity contribution in [2.45, 2.75) is 32.2 Å². The standard InChI is InChI=1S/C6H14O3.C6H6O.C3H8O3.2C3H4O2/c1-5(8)4-9-6(2)3-7;7-6-4-2-1-3-5-6;4-1-3(6)2-5;2*1-2-3(4)5/h5-8H,3-4H2,1-2H3;1-5,7H;3-6H,1-2H2;2*2H,1H2,(H,4,5). The van der Waals surface area contributed by atoms with Crippen molar-refractivity contribution < 1.29 is 55.2 Å². The molecular weight excluding hydrogens is 428 g/mol. The molecule has 0 aliphatic carbocycles. The lowest BCUT2D eigenvalue weighted by Crippen LogP contribution is -2.19. The number of carboxylic acids is 2. The maximum atomic E-state index is 9.25. The molecule has 186 valence electrons. The molecule has 0 radical (unpaired) electrons. The smallest absolute Gasteiger partial charge is 0.327 e. The Morgan fingerprint density at radius 1 is 0.906 bits per heavy atom. The third-order valence-electron chi connectivity index (χ3n) is 2.41. The molecule has 1 aromatic carbocycles. The van der Waals surface area contributed by atoms with Gasteiger partial charge in [0.2, 0.25) is 0 Å². The van der Waals surface area contributed by atoms with Crippen LogP contribution in [0.15, 0.2) is 55.6 Å². The van der Waals surface area contributed by atoms with Crippen molar-refractivity contribution in [2.75, 3.05) is 26.4 Å². The monoisotopic (exact) mass is 464 g/mol. The number of rotatable bonds is 8. The van der Waals surface area contributed by atoms with E-state index in [2.05, 4.69) is 13.2 Å². The van der Waals surface area contributed by atoms with Crippen molar-refractivity contribution >= 4 is 11.9 Å². The Balaban J connectivity index is -0.000000156. The Kier molecular flexibility index (Phi) is 32.2. The number of phenols is 1. The molecular formula is C21H36O11. The topological polar surface area (TPSA) is 205 Å². The summed E-state index contributed by atoms with van der Waals surface area (Å²) in [5, 5.41) is 65.0. The molecule has 0 amide bonds. The van der Waals surface area contributed by atoms with E-state index in [0.29, 0.717) is 12.4 Å². The summed E-state index contributed by atoms with van der Waals surface area (Å²) in [5.74, 6) is -1.64. The van der Waals surface area contributed by atoms with Crippen LogP contribution >= 0.6 is 0 Å². The van der Waals surface area contributed by atoms with Crippen molar-refractivity contribution in [3.05, 3.63) is 55.6 Å². The number of aliphatic hydroxyl groups is 5. The molecule has 0 bridgehead atoms. The SMILES string of the molecule is C=CC(=O)O.C=CC(=O)O.CC(O)COC(C)CO.OCC(O)CO.Oc1ccccc1. The van der Waals surface area contributed by atoms with Crippen LogP contribution in [0.5, 0.6) is 5.75 Å². The molecule has 2 atom stereocenters. The molecule has 2 unspecified atom stereocenters. The van der Waals surface area contributed by atoms with Crippen molar-refractivity contribution in [1.82, 2.24) is 0 Å². The molecule has 0 aromatic heterocycles. The zero-order valence-corrected chi connectivity index (χ0v) is 18.3. The van der Waals surface area contributed by atoms with Gasteiger partial charge in [-0.15, -0.1) is 0 Å². The van der Waals surface area contributed by atoms with Gasteiger partial charge < -0.3 is 45.6 Å². The molecule has 0 heterocycles. The van der Waals surface area contributed by atoms with Crippen molar-refractivity contribution in [3.8, 4) is 5.75 Å². The van der Waals surface area contributed by atoms with Crippen molar-refractivity contribution in [2.24, 2.45) is 0 Å². The van der Waals surface area contributed by atoms with E-state index >= 15 is 0 Å². The predicted molar refractivity (Wildman–Crippen MR) is 118 cm³/mol. The van der Waals surface area contributed by atoms with Gasteiger partial charge in [-0.3, -0.25) is 0 Å². The summed E-state index contributed by atoms with van der Waals surface area (Å²) < 4.78 is 4.95. The quantitative estimate of drug-likeness (QED) is 0.240. The second-order valence-corrected chi connectivity index (χ2v) is 5.61. The van der Waals surface area contributed by atoms with Gasteiger partial charge in [0, 0.05) is 12.2 Å². The van der Waals surface area contributed by atoms with Gasteiger partial charge in [-0.25, -0.2) is 9.59 Å². The van der Waals surface area contributed by atoms with Crippen molar-refractivity contribution in [1.29, 1.82) is 0 Å². The first-order valence-corrected chi connectivity index (χ1v) is 9.16. The number of hydrogen-bond donors (Lipinski definition) is 8. The number of aliphatic hydroxyl groups excluding tert-OH is 5. The van der Waals surface area contributed by atoms with Crippen molar-refractivity contribution in [3.63, 3.8) is 0 Å². The van der Waals surface area contributed by atoms with E-state index in [1.54, 1.807) is 38.1 Å². The summed E-state index contributed by atoms with van der Waals surface area (Å²) in [6, 6.07) is 8.71. The van der Waals surface area contributed by atoms with Gasteiger partial charge in [-0.1, -0.05) is 31.4 Å². The number of aromatic hydroxyl groups is 1. The minimum absolute atomic E-state index is 0.00667. The van der Waals surface area contributed by atoms with E-state index in [-0.39, 0.29) is 25.9 Å². The number of ether oxygens (including phenoxy) is 1. The van der Waals surface area contributed by atoms with Gasteiger partial charge in [-0.2, -0.15) is 0 Å². The first-order valence-electron chi connectivity index (χ1n) is 9.16. The number of benzene rings is 1. The van der Waals surface area contributed by atoms with Crippen LogP contribution in [0, 0.1) is 0 Å². The van der Waals surface area contributed by atoms with Crippen LogP contribution in [0.25, 0.3) is 0 Å². The minimum Gasteiger partial charge on any atom is -0.508 e. The fraction of sp³-hybridized carbons (Fsp3) is 0.429. The van der Waals surface area contributed by atoms with E-state index in [9.17, 15) is 9.59 Å². The van der Waals surface area contributed by atoms with E-state index in [0.717, 1.165) is 12.2 Å². The Morgan fingerprint density at radius 3 is 1.44 bits per heavy atom. The summed E-state index contributed by atoms with van der Waals surface area (Å²) in [4.78, 5) is 18.5. The largest absolute Gasteiger partial charge is 0.508 e. The van der Waals surface area contributed by atoms with E-state index < -0.39 is 24.1 Å². The Bertz CT molecular complexity index is 540. The summed E-state index contributed by atoms with van der Waals surface area (Å²) in [6.45, 7) is 8.89. The Labute approximate surface area is 187 Å². The van der Waals surface area contributed by atoms with Gasteiger partial charge >= 0.3 is 11.9 Å². The molecule has 0 aliphatic heterocycles. The number of carbonyl (C=O) groups is 2. The normalized spacial score (nSPS) is 10.6. The first-order chi connectivity index (χ1) is 14.9. The molecule has 0 saturated carbocycles. The molecule has 32 heavy (non-hydrogen) atoms. The van der Waals surface area contributed by atoms with Gasteiger partial charge in [0.25, 0.3) is 0 Å². The lowest BCUT2D eigenvalue weighted by atomic mass is 10.3. The first kappa shape index (κ1) is 36.6. The minimum atomic E-state index is -0.981. The summed E-state index contributed by atoms with van der Waals surface area (Å²) in [6.07, 6.45) is 0.101. The third-order valence-corrected chi connectivity index (χ3v) is 2.41. The number of carboxylic acid groups (broad SMARTS) is 2. The molecule has 0 spiro atoms. The molecule has 11 heteroatoms. The highest BCUT2D eigenvalue weighted by atomic mass is 16.5. The van der Waals surface area contributed by atoms with Gasteiger partial charge in [-0.05, 0) is 26.0 Å². The average Bonchev–Trinajstić information content (AvgIpc) is 2.78. The van der Waals surface area contributed by atoms with Crippen LogP contribution in [0.2, 0.25) is 0 Å². The molecule has 0 fully saturated rings. The highest BCUT2D eigenvalue weighted by Crippen LogP contribution is 2.02. The number of para-hydroxylation sites is 1. The second-order valence-electron chi connectivity index (χ2n) is 5.61. The van der Waals surface area contributed by atoms with Crippen LogP contribution in [-0.4, -0.2) is 97.5 Å². The molecule has 0 aliphatic rings. The maximum Gasteiger partial charge on any atom is 0.327 e. The number of hydrogen-bond acceptors (Lipinski definition) is 9. The van der Waals surface area contributed by atoms with Gasteiger partial charge in [0.1, 0.15) is 11.9 Å². The molecule has 11 nitrogen and oxygen atoms in total. The van der Waals surface area contributed by atoms with E-state index in [1.807, 2.05) is 6.07 Å². The maximum absolute atomic E-state index is 9.25. The highest BCUT2D eigenvalue weighted by Gasteiger charge is 2.00. The molecule has 8 N–H and O–H groups in total. The number of phenolic OH excluding ortho intramolecular Hbond substituents is 1. The van der Waals surface area contributed by atoms with Gasteiger partial charge in [0.05, 0.1) is 38.6 Å². The number of aliphatic carboxylic acids is 2. The zero-order chi connectivity index (χ0) is 25.9. The summed E-state index contributed by atoms with van der Waals surface area (Å²) in [7, 11) is 0. The van der Waals surface area contributed by atoms with Crippen LogP contribution in [0.3, 0.4) is 0 Å². The highest BCUT2D eigenvalue weighted by molar-refractivity contribution is 5.79. The van der Waals surface area contributed by atoms with Crippen LogP contribution in [0.4, 0.5) is 0 Å². The second kappa shape index (κ2) is 28.2. The average molecular weight is 465 g/mol. The van der Waals surface area contributed by atoms with E-state index in [1.165, 1.54) is 0 Å². The summed E-state index contributed by atoms with van der Waals surface area (Å²) >= 11 is 0. The molecule has 0 saturated heterocycles. The lowest BCUT2D eigenvalue weighted by molar-refractivity contribution is -0.132. The lowest BCUT2D eigenvalue weighted by Gasteiger charge is -2.10. The fourth-order valence-corrected chi connectivity index (χ4v) is 0.842. The summed E-state index contributed by atoms with van der Waals surface area (Å²) in [5.41, 5.74) is 0. The Morgan fingerprint density at radius 2 is 1.28 bits per heavy atom. The zero-order valence-electron chi connectivity index (χ0n) is 18.3. The third kappa shape index (κ3) is 45.8. The Hall–Kier alpha value is -2.80. The molecule has 1 rings (SSSR count). The van der Waals surface area contributed by atoms with Crippen LogP contribution in [0.1, 0.15) is 13.8 Å². The van der Waals surface area contributed by atoms with E-state index in [4.69, 9.17) is 45.6 Å². The van der Waals surface area contributed by atoms with Gasteiger partial charge in [0.15, 0.2) is 0 Å².